The van der Waals surface area contributed by atoms with E-state index in [2.05, 4.69) is 0 Å². The molecule has 0 saturated carbocycles. The molecule has 0 atom stereocenters. The predicted octanol–water partition coefficient (Wildman–Crippen LogP) is 3.58. The molecule has 1 aromatic carbocycles. The van der Waals surface area contributed by atoms with E-state index >= 15 is 0 Å². The van der Waals surface area contributed by atoms with E-state index in [1.54, 1.807) is 19.1 Å². The van der Waals surface area contributed by atoms with Gasteiger partial charge in [-0.1, -0.05) is 0 Å². The van der Waals surface area contributed by atoms with E-state index in [0.717, 1.165) is 16.7 Å². The molecule has 0 unspecified atom stereocenters. The molecule has 3 nitrogen and oxygen atoms in total. The van der Waals surface area contributed by atoms with Crippen molar-refractivity contribution in [1.82, 2.24) is 0 Å². The maximum absolute atomic E-state index is 11.1. The smallest absolute Gasteiger partial charge is 0.434 e. The summed E-state index contributed by atoms with van der Waals surface area (Å²) in [6.45, 7) is 5.90. The van der Waals surface area contributed by atoms with Crippen LogP contribution < -0.4 is 4.74 Å². The molecule has 0 aliphatic carbocycles. The summed E-state index contributed by atoms with van der Waals surface area (Å²) in [5, 5.41) is 0. The number of carbonyl (C=O) groups excluding carboxylic acids is 1. The van der Waals surface area contributed by atoms with E-state index in [1.807, 2.05) is 13.8 Å². The van der Waals surface area contributed by atoms with Gasteiger partial charge in [-0.05, 0) is 49.6 Å². The first-order valence-electron chi connectivity index (χ1n) is 5.09. The monoisotopic (exact) mass is 242 g/mol. The fourth-order valence-corrected chi connectivity index (χ4v) is 1.89. The molecule has 0 N–H and O–H groups in total. The number of hydrogen-bond acceptors (Lipinski definition) is 3. The van der Waals surface area contributed by atoms with Crippen molar-refractivity contribution in [1.29, 1.82) is 0 Å². The summed E-state index contributed by atoms with van der Waals surface area (Å²) in [6, 6.07) is 3.56. The molecule has 0 aliphatic rings. The maximum atomic E-state index is 11.1. The van der Waals surface area contributed by atoms with Gasteiger partial charge in [-0.2, -0.15) is 0 Å². The lowest BCUT2D eigenvalue weighted by Crippen LogP contribution is -2.10. The Balaban J connectivity index is 2.87. The quantitative estimate of drug-likeness (QED) is 0.462. The number of hydrogen-bond donors (Lipinski definition) is 0. The third-order valence-corrected chi connectivity index (χ3v) is 2.53. The van der Waals surface area contributed by atoms with Gasteiger partial charge in [-0.3, -0.25) is 0 Å². The average Bonchev–Trinajstić information content (AvgIpc) is 2.17. The lowest BCUT2D eigenvalue weighted by atomic mass is 10.0. The Morgan fingerprint density at radius 3 is 2.31 bits per heavy atom. The van der Waals surface area contributed by atoms with Gasteiger partial charge in [0.05, 0.1) is 6.61 Å². The molecule has 1 rings (SSSR count). The summed E-state index contributed by atoms with van der Waals surface area (Å²) in [5.41, 5.74) is 3.08. The maximum Gasteiger partial charge on any atom is 0.513 e. The molecular formula is C12H15ClO3. The Hall–Kier alpha value is -1.22. The first kappa shape index (κ1) is 12.8. The largest absolute Gasteiger partial charge is 0.513 e. The van der Waals surface area contributed by atoms with Gasteiger partial charge in [0.25, 0.3) is 0 Å². The van der Waals surface area contributed by atoms with E-state index in [9.17, 15) is 4.79 Å². The number of ether oxygens (including phenoxy) is 2. The molecule has 0 bridgehead atoms. The second-order valence-corrected chi connectivity index (χ2v) is 3.72. The molecule has 1 aromatic rings. The third kappa shape index (κ3) is 3.14. The first-order valence-corrected chi connectivity index (χ1v) is 5.62. The fraction of sp³-hybridized carbons (Fsp3) is 0.417. The van der Waals surface area contributed by atoms with Crippen LogP contribution in [0, 0.1) is 13.8 Å². The minimum Gasteiger partial charge on any atom is -0.434 e. The van der Waals surface area contributed by atoms with Gasteiger partial charge >= 0.3 is 6.16 Å². The average molecular weight is 243 g/mol. The summed E-state index contributed by atoms with van der Waals surface area (Å²) >= 11 is 5.81. The topological polar surface area (TPSA) is 35.5 Å². The highest BCUT2D eigenvalue weighted by molar-refractivity contribution is 6.17. The summed E-state index contributed by atoms with van der Waals surface area (Å²) in [5.74, 6) is 0.944. The van der Waals surface area contributed by atoms with Gasteiger partial charge in [0, 0.05) is 5.88 Å². The second kappa shape index (κ2) is 5.75. The second-order valence-electron chi connectivity index (χ2n) is 3.45. The van der Waals surface area contributed by atoms with Crippen LogP contribution in [0.5, 0.6) is 5.75 Å². The van der Waals surface area contributed by atoms with Crippen LogP contribution in [-0.4, -0.2) is 12.8 Å². The van der Waals surface area contributed by atoms with Crippen LogP contribution >= 0.6 is 11.6 Å². The highest BCUT2D eigenvalue weighted by Crippen LogP contribution is 2.23. The van der Waals surface area contributed by atoms with Crippen molar-refractivity contribution in [3.63, 3.8) is 0 Å². The lowest BCUT2D eigenvalue weighted by molar-refractivity contribution is 0.104. The van der Waals surface area contributed by atoms with Crippen molar-refractivity contribution < 1.29 is 14.3 Å². The molecule has 0 amide bonds. The number of rotatable bonds is 3. The number of alkyl halides is 1. The molecular weight excluding hydrogens is 228 g/mol. The van der Waals surface area contributed by atoms with E-state index in [1.165, 1.54) is 0 Å². The Labute approximate surface area is 100 Å². The van der Waals surface area contributed by atoms with Crippen molar-refractivity contribution in [2.24, 2.45) is 0 Å². The van der Waals surface area contributed by atoms with Crippen LogP contribution in [0.4, 0.5) is 4.79 Å². The summed E-state index contributed by atoms with van der Waals surface area (Å²) in [6.07, 6.45) is -0.681. The highest BCUT2D eigenvalue weighted by Gasteiger charge is 2.09. The zero-order valence-corrected chi connectivity index (χ0v) is 10.4. The molecule has 0 aromatic heterocycles. The van der Waals surface area contributed by atoms with Crippen LogP contribution in [-0.2, 0) is 10.6 Å². The van der Waals surface area contributed by atoms with Crippen molar-refractivity contribution in [2.45, 2.75) is 26.7 Å². The molecule has 88 valence electrons. The first-order chi connectivity index (χ1) is 7.58. The van der Waals surface area contributed by atoms with Crippen LogP contribution in [0.3, 0.4) is 0 Å². The number of halogens is 1. The van der Waals surface area contributed by atoms with Gasteiger partial charge in [0.1, 0.15) is 5.75 Å². The molecule has 4 heteroatoms. The number of aryl methyl sites for hydroxylation is 2. The number of carbonyl (C=O) groups is 1. The standard InChI is InChI=1S/C12H15ClO3/c1-4-15-12(14)16-10-5-8(2)11(7-13)9(3)6-10/h5-6H,4,7H2,1-3H3. The summed E-state index contributed by atoms with van der Waals surface area (Å²) in [7, 11) is 0. The minimum absolute atomic E-state index is 0.302. The van der Waals surface area contributed by atoms with Crippen molar-refractivity contribution in [3.8, 4) is 5.75 Å². The number of benzene rings is 1. The van der Waals surface area contributed by atoms with E-state index in [0.29, 0.717) is 18.2 Å². The van der Waals surface area contributed by atoms with Crippen LogP contribution in [0.1, 0.15) is 23.6 Å². The summed E-state index contributed by atoms with van der Waals surface area (Å²) in [4.78, 5) is 11.1. The Bertz CT molecular complexity index is 365. The normalized spacial score (nSPS) is 10.0. The third-order valence-electron chi connectivity index (χ3n) is 2.27. The molecule has 0 spiro atoms. The molecule has 0 saturated heterocycles. The molecule has 0 fully saturated rings. The van der Waals surface area contributed by atoms with Crippen molar-refractivity contribution in [2.75, 3.05) is 6.61 Å². The zero-order valence-electron chi connectivity index (χ0n) is 9.67. The van der Waals surface area contributed by atoms with Crippen LogP contribution in [0.25, 0.3) is 0 Å². The van der Waals surface area contributed by atoms with Gasteiger partial charge in [0.15, 0.2) is 0 Å². The van der Waals surface area contributed by atoms with Gasteiger partial charge in [0.2, 0.25) is 0 Å². The Morgan fingerprint density at radius 2 is 1.88 bits per heavy atom. The molecule has 0 radical (unpaired) electrons. The minimum atomic E-state index is -0.681. The van der Waals surface area contributed by atoms with Gasteiger partial charge in [-0.25, -0.2) is 4.79 Å². The summed E-state index contributed by atoms with van der Waals surface area (Å²) < 4.78 is 9.71. The lowest BCUT2D eigenvalue weighted by Gasteiger charge is -2.10. The zero-order chi connectivity index (χ0) is 12.1. The van der Waals surface area contributed by atoms with Crippen molar-refractivity contribution >= 4 is 17.8 Å². The molecule has 16 heavy (non-hydrogen) atoms. The predicted molar refractivity (Wildman–Crippen MR) is 63.1 cm³/mol. The van der Waals surface area contributed by atoms with E-state index in [-0.39, 0.29) is 0 Å². The Kier molecular flexibility index (Phi) is 4.62. The highest BCUT2D eigenvalue weighted by atomic mass is 35.5. The molecule has 0 heterocycles. The van der Waals surface area contributed by atoms with Gasteiger partial charge < -0.3 is 9.47 Å². The SMILES string of the molecule is CCOC(=O)Oc1cc(C)c(CCl)c(C)c1. The molecule has 0 aliphatic heterocycles. The fourth-order valence-electron chi connectivity index (χ4n) is 1.47. The van der Waals surface area contributed by atoms with E-state index < -0.39 is 6.16 Å². The van der Waals surface area contributed by atoms with Crippen LogP contribution in [0.15, 0.2) is 12.1 Å². The van der Waals surface area contributed by atoms with E-state index in [4.69, 9.17) is 21.1 Å². The van der Waals surface area contributed by atoms with Crippen molar-refractivity contribution in [3.05, 3.63) is 28.8 Å². The Morgan fingerprint density at radius 1 is 1.31 bits per heavy atom. The van der Waals surface area contributed by atoms with Gasteiger partial charge in [-0.15, -0.1) is 11.6 Å². The van der Waals surface area contributed by atoms with Crippen LogP contribution in [0.2, 0.25) is 0 Å².